The summed E-state index contributed by atoms with van der Waals surface area (Å²) in [6.07, 6.45) is 4.82. The Kier molecular flexibility index (Phi) is 4.88. The molecular weight excluding hydrogens is 304 g/mol. The molecule has 0 aromatic heterocycles. The van der Waals surface area contributed by atoms with E-state index in [4.69, 9.17) is 0 Å². The molecule has 1 aromatic carbocycles. The first-order valence-electron chi connectivity index (χ1n) is 7.57. The summed E-state index contributed by atoms with van der Waals surface area (Å²) < 4.78 is 27.2. The second-order valence-corrected chi connectivity index (χ2v) is 8.96. The van der Waals surface area contributed by atoms with Crippen LogP contribution in [0.2, 0.25) is 0 Å². The Morgan fingerprint density at radius 3 is 2.52 bits per heavy atom. The highest BCUT2D eigenvalue weighted by Gasteiger charge is 2.21. The van der Waals surface area contributed by atoms with E-state index in [1.807, 2.05) is 23.9 Å². The van der Waals surface area contributed by atoms with Gasteiger partial charge >= 0.3 is 0 Å². The standard InChI is InChI=1S/C15H22N2O2S2/c18-21(19,17-11-14-2-1-9-20-14)15-7-3-12(4-8-15)10-16-13-5-6-13/h3-4,7-8,13-14,16-17H,1-2,5-6,9-11H2. The Morgan fingerprint density at radius 2 is 1.90 bits per heavy atom. The summed E-state index contributed by atoms with van der Waals surface area (Å²) in [6, 6.07) is 7.86. The van der Waals surface area contributed by atoms with Crippen LogP contribution in [-0.2, 0) is 16.6 Å². The second-order valence-electron chi connectivity index (χ2n) is 5.79. The molecule has 21 heavy (non-hydrogen) atoms. The summed E-state index contributed by atoms with van der Waals surface area (Å²) in [5.74, 6) is 1.15. The molecule has 116 valence electrons. The van der Waals surface area contributed by atoms with E-state index in [0.717, 1.165) is 24.3 Å². The van der Waals surface area contributed by atoms with Crippen LogP contribution in [0.5, 0.6) is 0 Å². The number of benzene rings is 1. The van der Waals surface area contributed by atoms with E-state index in [0.29, 0.717) is 22.7 Å². The fourth-order valence-corrected chi connectivity index (χ4v) is 4.82. The number of hydrogen-bond donors (Lipinski definition) is 2. The van der Waals surface area contributed by atoms with Gasteiger partial charge in [-0.2, -0.15) is 11.8 Å². The van der Waals surface area contributed by atoms with Gasteiger partial charge in [0.25, 0.3) is 0 Å². The molecule has 3 rings (SSSR count). The summed E-state index contributed by atoms with van der Waals surface area (Å²) in [5.41, 5.74) is 1.13. The van der Waals surface area contributed by atoms with E-state index in [-0.39, 0.29) is 0 Å². The van der Waals surface area contributed by atoms with Gasteiger partial charge in [0.05, 0.1) is 4.90 Å². The van der Waals surface area contributed by atoms with E-state index in [1.54, 1.807) is 12.1 Å². The van der Waals surface area contributed by atoms with Gasteiger partial charge in [-0.15, -0.1) is 0 Å². The molecule has 1 aliphatic carbocycles. The molecule has 1 aliphatic heterocycles. The molecule has 0 amide bonds. The average molecular weight is 326 g/mol. The van der Waals surface area contributed by atoms with Crippen molar-refractivity contribution in [3.63, 3.8) is 0 Å². The summed E-state index contributed by atoms with van der Waals surface area (Å²) in [6.45, 7) is 1.36. The van der Waals surface area contributed by atoms with Gasteiger partial charge in [0.2, 0.25) is 10.0 Å². The molecule has 6 heteroatoms. The third-order valence-corrected chi connectivity index (χ3v) is 6.77. The minimum absolute atomic E-state index is 0.362. The smallest absolute Gasteiger partial charge is 0.240 e. The molecule has 2 N–H and O–H groups in total. The SMILES string of the molecule is O=S(=O)(NCC1CCCS1)c1ccc(CNC2CC2)cc1. The Hall–Kier alpha value is -0.560. The zero-order chi connectivity index (χ0) is 14.7. The van der Waals surface area contributed by atoms with Crippen LogP contribution in [0.3, 0.4) is 0 Å². The predicted octanol–water partition coefficient (Wildman–Crippen LogP) is 2.11. The summed E-state index contributed by atoms with van der Waals surface area (Å²) in [7, 11) is -3.37. The largest absolute Gasteiger partial charge is 0.310 e. The van der Waals surface area contributed by atoms with E-state index in [9.17, 15) is 8.42 Å². The molecule has 1 atom stereocenters. The minimum atomic E-state index is -3.37. The fourth-order valence-electron chi connectivity index (χ4n) is 2.43. The van der Waals surface area contributed by atoms with Crippen LogP contribution in [0.1, 0.15) is 31.2 Å². The summed E-state index contributed by atoms with van der Waals surface area (Å²) >= 11 is 1.86. The first-order valence-corrected chi connectivity index (χ1v) is 10.1. The summed E-state index contributed by atoms with van der Waals surface area (Å²) in [4.78, 5) is 0.362. The van der Waals surface area contributed by atoms with Crippen molar-refractivity contribution in [3.8, 4) is 0 Å². The van der Waals surface area contributed by atoms with Gasteiger partial charge in [-0.05, 0) is 49.1 Å². The van der Waals surface area contributed by atoms with Crippen LogP contribution in [0.15, 0.2) is 29.2 Å². The van der Waals surface area contributed by atoms with Crippen LogP contribution in [-0.4, -0.2) is 32.0 Å². The lowest BCUT2D eigenvalue weighted by molar-refractivity contribution is 0.579. The van der Waals surface area contributed by atoms with Crippen molar-refractivity contribution in [2.75, 3.05) is 12.3 Å². The van der Waals surface area contributed by atoms with Crippen molar-refractivity contribution in [2.24, 2.45) is 0 Å². The van der Waals surface area contributed by atoms with Crippen LogP contribution in [0.25, 0.3) is 0 Å². The molecule has 1 saturated heterocycles. The van der Waals surface area contributed by atoms with Gasteiger partial charge < -0.3 is 5.32 Å². The molecule has 1 unspecified atom stereocenters. The molecule has 1 heterocycles. The molecule has 2 aliphatic rings. The number of nitrogens with one attached hydrogen (secondary N) is 2. The molecule has 4 nitrogen and oxygen atoms in total. The number of hydrogen-bond acceptors (Lipinski definition) is 4. The van der Waals surface area contributed by atoms with Crippen LogP contribution in [0.4, 0.5) is 0 Å². The Balaban J connectivity index is 1.55. The Morgan fingerprint density at radius 1 is 1.14 bits per heavy atom. The number of thioether (sulfide) groups is 1. The molecule has 2 fully saturated rings. The first-order chi connectivity index (χ1) is 10.1. The number of rotatable bonds is 7. The molecular formula is C15H22N2O2S2. The van der Waals surface area contributed by atoms with Crippen LogP contribution < -0.4 is 10.0 Å². The van der Waals surface area contributed by atoms with Gasteiger partial charge in [-0.1, -0.05) is 12.1 Å². The van der Waals surface area contributed by atoms with E-state index < -0.39 is 10.0 Å². The van der Waals surface area contributed by atoms with Crippen molar-refractivity contribution in [1.29, 1.82) is 0 Å². The maximum atomic E-state index is 12.2. The zero-order valence-electron chi connectivity index (χ0n) is 12.0. The molecule has 0 radical (unpaired) electrons. The van der Waals surface area contributed by atoms with E-state index >= 15 is 0 Å². The fraction of sp³-hybridized carbons (Fsp3) is 0.600. The summed E-state index contributed by atoms with van der Waals surface area (Å²) in [5, 5.41) is 3.86. The van der Waals surface area contributed by atoms with Gasteiger partial charge in [0.15, 0.2) is 0 Å². The van der Waals surface area contributed by atoms with Gasteiger partial charge in [0, 0.05) is 24.4 Å². The molecule has 0 bridgehead atoms. The molecule has 0 spiro atoms. The van der Waals surface area contributed by atoms with Crippen LogP contribution in [0, 0.1) is 0 Å². The van der Waals surface area contributed by atoms with Crippen LogP contribution >= 0.6 is 11.8 Å². The second kappa shape index (κ2) is 6.69. The normalized spacial score (nSPS) is 22.6. The lowest BCUT2D eigenvalue weighted by Crippen LogP contribution is -2.29. The maximum Gasteiger partial charge on any atom is 0.240 e. The van der Waals surface area contributed by atoms with E-state index in [2.05, 4.69) is 10.0 Å². The van der Waals surface area contributed by atoms with E-state index in [1.165, 1.54) is 19.3 Å². The lowest BCUT2D eigenvalue weighted by Gasteiger charge is -2.11. The number of sulfonamides is 1. The highest BCUT2D eigenvalue weighted by atomic mass is 32.2. The third-order valence-electron chi connectivity index (χ3n) is 3.93. The van der Waals surface area contributed by atoms with Crippen molar-refractivity contribution in [3.05, 3.63) is 29.8 Å². The monoisotopic (exact) mass is 326 g/mol. The van der Waals surface area contributed by atoms with Gasteiger partial charge in [0.1, 0.15) is 0 Å². The zero-order valence-corrected chi connectivity index (χ0v) is 13.7. The predicted molar refractivity (Wildman–Crippen MR) is 87.0 cm³/mol. The van der Waals surface area contributed by atoms with Crippen molar-refractivity contribution in [1.82, 2.24) is 10.0 Å². The quantitative estimate of drug-likeness (QED) is 0.806. The minimum Gasteiger partial charge on any atom is -0.310 e. The van der Waals surface area contributed by atoms with Gasteiger partial charge in [-0.3, -0.25) is 0 Å². The molecule has 1 aromatic rings. The topological polar surface area (TPSA) is 58.2 Å². The van der Waals surface area contributed by atoms with Crippen molar-refractivity contribution >= 4 is 21.8 Å². The molecule has 1 saturated carbocycles. The van der Waals surface area contributed by atoms with Crippen molar-refractivity contribution < 1.29 is 8.42 Å². The Labute approximate surface area is 131 Å². The first kappa shape index (κ1) is 15.3. The van der Waals surface area contributed by atoms with Crippen molar-refractivity contribution in [2.45, 2.75) is 48.4 Å². The maximum absolute atomic E-state index is 12.2. The lowest BCUT2D eigenvalue weighted by atomic mass is 10.2. The average Bonchev–Trinajstić information content (AvgIpc) is 3.17. The highest BCUT2D eigenvalue weighted by Crippen LogP contribution is 2.25. The Bertz CT molecular complexity index is 562. The van der Waals surface area contributed by atoms with Gasteiger partial charge in [-0.25, -0.2) is 13.1 Å². The highest BCUT2D eigenvalue weighted by molar-refractivity contribution is 8.00. The third kappa shape index (κ3) is 4.45.